The molecule has 0 spiro atoms. The standard InChI is InChI=1S/C14H21NO3/c1-14(2)17-9-12(10-18-14)15-8-11-5-4-6-13(7-11)16-3/h4-7,12,15H,8-10H2,1-3H3. The summed E-state index contributed by atoms with van der Waals surface area (Å²) >= 11 is 0. The van der Waals surface area contributed by atoms with Crippen molar-refractivity contribution in [3.63, 3.8) is 0 Å². The highest BCUT2D eigenvalue weighted by atomic mass is 16.7. The van der Waals surface area contributed by atoms with Gasteiger partial charge in [-0.3, -0.25) is 0 Å². The van der Waals surface area contributed by atoms with E-state index in [2.05, 4.69) is 11.4 Å². The molecule has 0 atom stereocenters. The molecule has 1 saturated heterocycles. The largest absolute Gasteiger partial charge is 0.497 e. The first kappa shape index (κ1) is 13.3. The van der Waals surface area contributed by atoms with Gasteiger partial charge in [0, 0.05) is 6.54 Å². The maximum Gasteiger partial charge on any atom is 0.162 e. The van der Waals surface area contributed by atoms with Gasteiger partial charge in [-0.25, -0.2) is 0 Å². The van der Waals surface area contributed by atoms with Gasteiger partial charge in [-0.05, 0) is 31.5 Å². The second-order valence-corrected chi connectivity index (χ2v) is 4.95. The highest BCUT2D eigenvalue weighted by Crippen LogP contribution is 2.17. The molecule has 1 aliphatic rings. The molecule has 0 saturated carbocycles. The minimum absolute atomic E-state index is 0.240. The zero-order chi connectivity index (χ0) is 13.0. The van der Waals surface area contributed by atoms with Crippen LogP contribution in [0, 0.1) is 0 Å². The summed E-state index contributed by atoms with van der Waals surface area (Å²) in [5.41, 5.74) is 1.19. The summed E-state index contributed by atoms with van der Waals surface area (Å²) in [4.78, 5) is 0. The summed E-state index contributed by atoms with van der Waals surface area (Å²) in [6.07, 6.45) is 0. The van der Waals surface area contributed by atoms with Gasteiger partial charge in [-0.2, -0.15) is 0 Å². The first-order chi connectivity index (χ1) is 8.59. The van der Waals surface area contributed by atoms with Crippen LogP contribution in [0.2, 0.25) is 0 Å². The van der Waals surface area contributed by atoms with Gasteiger partial charge < -0.3 is 19.5 Å². The summed E-state index contributed by atoms with van der Waals surface area (Å²) in [7, 11) is 1.68. The van der Waals surface area contributed by atoms with Crippen LogP contribution < -0.4 is 10.1 Å². The fraction of sp³-hybridized carbons (Fsp3) is 0.571. The molecule has 0 aromatic heterocycles. The molecule has 18 heavy (non-hydrogen) atoms. The average molecular weight is 251 g/mol. The third-order valence-corrected chi connectivity index (χ3v) is 2.99. The van der Waals surface area contributed by atoms with Crippen LogP contribution >= 0.6 is 0 Å². The fourth-order valence-electron chi connectivity index (χ4n) is 1.85. The second-order valence-electron chi connectivity index (χ2n) is 4.95. The van der Waals surface area contributed by atoms with Crippen LogP contribution in [0.15, 0.2) is 24.3 Å². The van der Waals surface area contributed by atoms with Gasteiger partial charge in [0.2, 0.25) is 0 Å². The van der Waals surface area contributed by atoms with Crippen molar-refractivity contribution in [2.45, 2.75) is 32.2 Å². The summed E-state index contributed by atoms with van der Waals surface area (Å²) < 4.78 is 16.4. The Morgan fingerprint density at radius 2 is 2.06 bits per heavy atom. The molecule has 4 heteroatoms. The van der Waals surface area contributed by atoms with Crippen molar-refractivity contribution < 1.29 is 14.2 Å². The molecule has 1 heterocycles. The third-order valence-electron chi connectivity index (χ3n) is 2.99. The molecule has 100 valence electrons. The van der Waals surface area contributed by atoms with Crippen molar-refractivity contribution in [3.05, 3.63) is 29.8 Å². The van der Waals surface area contributed by atoms with Crippen LogP contribution in [0.3, 0.4) is 0 Å². The van der Waals surface area contributed by atoms with E-state index in [1.807, 2.05) is 32.0 Å². The van der Waals surface area contributed by atoms with Crippen molar-refractivity contribution in [2.75, 3.05) is 20.3 Å². The number of nitrogens with one attached hydrogen (secondary N) is 1. The smallest absolute Gasteiger partial charge is 0.162 e. The second kappa shape index (κ2) is 5.69. The Hall–Kier alpha value is -1.10. The van der Waals surface area contributed by atoms with Gasteiger partial charge in [0.15, 0.2) is 5.79 Å². The monoisotopic (exact) mass is 251 g/mol. The molecule has 1 aromatic carbocycles. The lowest BCUT2D eigenvalue weighted by atomic mass is 10.2. The van der Waals surface area contributed by atoms with E-state index in [4.69, 9.17) is 14.2 Å². The zero-order valence-electron chi connectivity index (χ0n) is 11.2. The molecule has 0 radical (unpaired) electrons. The third kappa shape index (κ3) is 3.70. The summed E-state index contributed by atoms with van der Waals surface area (Å²) in [5.74, 6) is 0.431. The Labute approximate surface area is 108 Å². The lowest BCUT2D eigenvalue weighted by Gasteiger charge is -2.35. The molecule has 0 amide bonds. The minimum atomic E-state index is -0.450. The molecule has 0 aliphatic carbocycles. The van der Waals surface area contributed by atoms with Gasteiger partial charge >= 0.3 is 0 Å². The first-order valence-electron chi connectivity index (χ1n) is 6.23. The topological polar surface area (TPSA) is 39.7 Å². The molecule has 0 bridgehead atoms. The van der Waals surface area contributed by atoms with Crippen LogP contribution in [0.4, 0.5) is 0 Å². The normalized spacial score (nSPS) is 19.7. The maximum absolute atomic E-state index is 5.60. The summed E-state index contributed by atoms with van der Waals surface area (Å²) in [5, 5.41) is 3.42. The van der Waals surface area contributed by atoms with Crippen molar-refractivity contribution in [1.82, 2.24) is 5.32 Å². The molecule has 1 N–H and O–H groups in total. The van der Waals surface area contributed by atoms with E-state index in [0.717, 1.165) is 12.3 Å². The summed E-state index contributed by atoms with van der Waals surface area (Å²) in [6, 6.07) is 8.28. The highest BCUT2D eigenvalue weighted by molar-refractivity contribution is 5.28. The molecular weight excluding hydrogens is 230 g/mol. The van der Waals surface area contributed by atoms with Crippen molar-refractivity contribution in [1.29, 1.82) is 0 Å². The van der Waals surface area contributed by atoms with E-state index in [0.29, 0.717) is 13.2 Å². The molecule has 1 aliphatic heterocycles. The molecule has 2 rings (SSSR count). The SMILES string of the molecule is COc1cccc(CNC2COC(C)(C)OC2)c1. The van der Waals surface area contributed by atoms with E-state index in [1.54, 1.807) is 7.11 Å². The minimum Gasteiger partial charge on any atom is -0.497 e. The first-order valence-corrected chi connectivity index (χ1v) is 6.23. The fourth-order valence-corrected chi connectivity index (χ4v) is 1.85. The Morgan fingerprint density at radius 3 is 2.72 bits per heavy atom. The van der Waals surface area contributed by atoms with Gasteiger partial charge in [0.25, 0.3) is 0 Å². The van der Waals surface area contributed by atoms with Gasteiger partial charge in [-0.1, -0.05) is 12.1 Å². The van der Waals surface area contributed by atoms with E-state index in [1.165, 1.54) is 5.56 Å². The lowest BCUT2D eigenvalue weighted by Crippen LogP contribution is -2.48. The van der Waals surface area contributed by atoms with E-state index in [9.17, 15) is 0 Å². The Bertz CT molecular complexity index is 382. The van der Waals surface area contributed by atoms with E-state index >= 15 is 0 Å². The zero-order valence-corrected chi connectivity index (χ0v) is 11.2. The predicted molar refractivity (Wildman–Crippen MR) is 69.6 cm³/mol. The van der Waals surface area contributed by atoms with Crippen molar-refractivity contribution in [2.24, 2.45) is 0 Å². The van der Waals surface area contributed by atoms with Crippen molar-refractivity contribution in [3.8, 4) is 5.75 Å². The highest BCUT2D eigenvalue weighted by Gasteiger charge is 2.27. The number of hydrogen-bond acceptors (Lipinski definition) is 4. The van der Waals surface area contributed by atoms with Crippen molar-refractivity contribution >= 4 is 0 Å². The molecule has 4 nitrogen and oxygen atoms in total. The maximum atomic E-state index is 5.60. The number of benzene rings is 1. The Morgan fingerprint density at radius 1 is 1.33 bits per heavy atom. The molecule has 1 fully saturated rings. The quantitative estimate of drug-likeness (QED) is 0.887. The van der Waals surface area contributed by atoms with Crippen LogP contribution in [0.25, 0.3) is 0 Å². The van der Waals surface area contributed by atoms with Crippen LogP contribution in [-0.2, 0) is 16.0 Å². The van der Waals surface area contributed by atoms with Crippen LogP contribution in [-0.4, -0.2) is 32.2 Å². The lowest BCUT2D eigenvalue weighted by molar-refractivity contribution is -0.253. The number of rotatable bonds is 4. The van der Waals surface area contributed by atoms with Crippen LogP contribution in [0.1, 0.15) is 19.4 Å². The average Bonchev–Trinajstić information content (AvgIpc) is 2.38. The molecule has 1 aromatic rings. The Kier molecular flexibility index (Phi) is 4.22. The number of ether oxygens (including phenoxy) is 3. The van der Waals surface area contributed by atoms with E-state index in [-0.39, 0.29) is 6.04 Å². The number of methoxy groups -OCH3 is 1. The molecular formula is C14H21NO3. The van der Waals surface area contributed by atoms with E-state index < -0.39 is 5.79 Å². The number of hydrogen-bond donors (Lipinski definition) is 1. The summed E-state index contributed by atoms with van der Waals surface area (Å²) in [6.45, 7) is 6.01. The Balaban J connectivity index is 1.81. The van der Waals surface area contributed by atoms with Gasteiger partial charge in [0.1, 0.15) is 5.75 Å². The van der Waals surface area contributed by atoms with Gasteiger partial charge in [0.05, 0.1) is 26.4 Å². The molecule has 0 unspecified atom stereocenters. The van der Waals surface area contributed by atoms with Gasteiger partial charge in [-0.15, -0.1) is 0 Å². The predicted octanol–water partition coefficient (Wildman–Crippen LogP) is 1.94. The van der Waals surface area contributed by atoms with Crippen LogP contribution in [0.5, 0.6) is 5.75 Å².